The van der Waals surface area contributed by atoms with Crippen molar-refractivity contribution in [2.45, 2.75) is 32.7 Å². The molecule has 0 spiro atoms. The van der Waals surface area contributed by atoms with Crippen molar-refractivity contribution in [3.05, 3.63) is 46.4 Å². The van der Waals surface area contributed by atoms with Crippen molar-refractivity contribution in [1.82, 2.24) is 10.2 Å². The highest BCUT2D eigenvalue weighted by Crippen LogP contribution is 2.17. The summed E-state index contributed by atoms with van der Waals surface area (Å²) in [7, 11) is 0. The third-order valence-corrected chi connectivity index (χ3v) is 4.02. The number of nitrogens with zero attached hydrogens (tertiary/aromatic N) is 2. The maximum Gasteiger partial charge on any atom is 0.230 e. The topological polar surface area (TPSA) is 66.9 Å². The predicted octanol–water partition coefficient (Wildman–Crippen LogP) is 3.63. The molecule has 5 nitrogen and oxygen atoms in total. The number of aromatic nitrogens is 2. The summed E-state index contributed by atoms with van der Waals surface area (Å²) < 4.78 is 0.921. The lowest BCUT2D eigenvalue weighted by Gasteiger charge is -2.11. The summed E-state index contributed by atoms with van der Waals surface area (Å²) >= 11 is 3.43. The molecule has 0 radical (unpaired) electrons. The Balaban J connectivity index is 1.93. The molecule has 116 valence electrons. The minimum absolute atomic E-state index is 0.121. The number of carbonyl (C=O) groups is 1. The SMILES string of the molecule is CCC(C)Nc1ccc(NC(=O)Cc2ccccc2Br)nn1. The van der Waals surface area contributed by atoms with E-state index in [-0.39, 0.29) is 12.3 Å². The van der Waals surface area contributed by atoms with Crippen LogP contribution in [0.3, 0.4) is 0 Å². The number of hydrogen-bond acceptors (Lipinski definition) is 4. The van der Waals surface area contributed by atoms with E-state index in [4.69, 9.17) is 0 Å². The van der Waals surface area contributed by atoms with E-state index in [1.807, 2.05) is 30.3 Å². The van der Waals surface area contributed by atoms with Crippen LogP contribution in [-0.4, -0.2) is 22.1 Å². The quantitative estimate of drug-likeness (QED) is 0.823. The Morgan fingerprint density at radius 3 is 2.50 bits per heavy atom. The molecule has 0 fully saturated rings. The van der Waals surface area contributed by atoms with Crippen molar-refractivity contribution in [3.8, 4) is 0 Å². The van der Waals surface area contributed by atoms with Gasteiger partial charge in [0.15, 0.2) is 5.82 Å². The van der Waals surface area contributed by atoms with Crippen LogP contribution in [-0.2, 0) is 11.2 Å². The average molecular weight is 363 g/mol. The highest BCUT2D eigenvalue weighted by molar-refractivity contribution is 9.10. The second-order valence-electron chi connectivity index (χ2n) is 5.07. The molecule has 0 aliphatic rings. The normalized spacial score (nSPS) is 11.8. The summed E-state index contributed by atoms with van der Waals surface area (Å²) in [6.07, 6.45) is 1.29. The lowest BCUT2D eigenvalue weighted by atomic mass is 10.1. The van der Waals surface area contributed by atoms with Gasteiger partial charge < -0.3 is 10.6 Å². The van der Waals surface area contributed by atoms with Gasteiger partial charge in [-0.3, -0.25) is 4.79 Å². The van der Waals surface area contributed by atoms with Crippen molar-refractivity contribution < 1.29 is 4.79 Å². The van der Waals surface area contributed by atoms with Gasteiger partial charge in [-0.2, -0.15) is 0 Å². The van der Waals surface area contributed by atoms with Crippen LogP contribution >= 0.6 is 15.9 Å². The van der Waals surface area contributed by atoms with Crippen LogP contribution in [0.5, 0.6) is 0 Å². The first-order valence-corrected chi connectivity index (χ1v) is 8.01. The van der Waals surface area contributed by atoms with Crippen molar-refractivity contribution >= 4 is 33.5 Å². The Bertz CT molecular complexity index is 630. The van der Waals surface area contributed by atoms with E-state index in [2.05, 4.69) is 50.6 Å². The molecule has 0 saturated carbocycles. The molecule has 0 saturated heterocycles. The number of hydrogen-bond donors (Lipinski definition) is 2. The first kappa shape index (κ1) is 16.4. The van der Waals surface area contributed by atoms with Gasteiger partial charge >= 0.3 is 0 Å². The Labute approximate surface area is 138 Å². The Morgan fingerprint density at radius 1 is 1.18 bits per heavy atom. The first-order valence-electron chi connectivity index (χ1n) is 7.22. The highest BCUT2D eigenvalue weighted by Gasteiger charge is 2.08. The number of halogens is 1. The molecule has 1 aromatic carbocycles. The highest BCUT2D eigenvalue weighted by atomic mass is 79.9. The van der Waals surface area contributed by atoms with E-state index < -0.39 is 0 Å². The van der Waals surface area contributed by atoms with E-state index in [9.17, 15) is 4.79 Å². The Kier molecular flexibility index (Phi) is 5.89. The zero-order chi connectivity index (χ0) is 15.9. The van der Waals surface area contributed by atoms with Crippen LogP contribution in [0.1, 0.15) is 25.8 Å². The minimum Gasteiger partial charge on any atom is -0.366 e. The number of anilines is 2. The van der Waals surface area contributed by atoms with Gasteiger partial charge in [0, 0.05) is 10.5 Å². The van der Waals surface area contributed by atoms with Gasteiger partial charge in [0.25, 0.3) is 0 Å². The van der Waals surface area contributed by atoms with Crippen LogP contribution in [0.15, 0.2) is 40.9 Å². The fraction of sp³-hybridized carbons (Fsp3) is 0.312. The van der Waals surface area contributed by atoms with Crippen molar-refractivity contribution in [2.24, 2.45) is 0 Å². The van der Waals surface area contributed by atoms with Crippen LogP contribution in [0, 0.1) is 0 Å². The van der Waals surface area contributed by atoms with E-state index in [0.717, 1.165) is 16.5 Å². The third kappa shape index (κ3) is 4.80. The van der Waals surface area contributed by atoms with E-state index in [1.165, 1.54) is 0 Å². The van der Waals surface area contributed by atoms with E-state index in [0.29, 0.717) is 17.7 Å². The lowest BCUT2D eigenvalue weighted by molar-refractivity contribution is -0.115. The van der Waals surface area contributed by atoms with Gasteiger partial charge in [-0.25, -0.2) is 0 Å². The lowest BCUT2D eigenvalue weighted by Crippen LogP contribution is -2.17. The number of carbonyl (C=O) groups excluding carboxylic acids is 1. The summed E-state index contributed by atoms with van der Waals surface area (Å²) in [5.41, 5.74) is 0.933. The summed E-state index contributed by atoms with van der Waals surface area (Å²) in [5.74, 6) is 1.04. The summed E-state index contributed by atoms with van der Waals surface area (Å²) in [6, 6.07) is 11.5. The summed E-state index contributed by atoms with van der Waals surface area (Å²) in [6.45, 7) is 4.18. The molecule has 1 atom stereocenters. The molecular formula is C16H19BrN4O. The van der Waals surface area contributed by atoms with E-state index in [1.54, 1.807) is 6.07 Å². The van der Waals surface area contributed by atoms with Crippen molar-refractivity contribution in [1.29, 1.82) is 0 Å². The van der Waals surface area contributed by atoms with Crippen LogP contribution in [0.25, 0.3) is 0 Å². The standard InChI is InChI=1S/C16H19BrN4O/c1-3-11(2)18-14-8-9-15(21-20-14)19-16(22)10-12-6-4-5-7-13(12)17/h4-9,11H,3,10H2,1-2H3,(H,18,20)(H,19,21,22). The van der Waals surface area contributed by atoms with E-state index >= 15 is 0 Å². The number of nitrogens with one attached hydrogen (secondary N) is 2. The molecule has 2 N–H and O–H groups in total. The molecule has 2 rings (SSSR count). The van der Waals surface area contributed by atoms with Crippen molar-refractivity contribution in [3.63, 3.8) is 0 Å². The molecule has 2 aromatic rings. The number of amides is 1. The third-order valence-electron chi connectivity index (χ3n) is 3.25. The minimum atomic E-state index is -0.121. The molecule has 0 aliphatic heterocycles. The van der Waals surface area contributed by atoms with Crippen LogP contribution in [0.4, 0.5) is 11.6 Å². The maximum absolute atomic E-state index is 12.0. The van der Waals surface area contributed by atoms with Gasteiger partial charge in [-0.15, -0.1) is 10.2 Å². The molecule has 1 aromatic heterocycles. The first-order chi connectivity index (χ1) is 10.6. The van der Waals surface area contributed by atoms with Crippen LogP contribution < -0.4 is 10.6 Å². The van der Waals surface area contributed by atoms with Gasteiger partial charge in [0.05, 0.1) is 6.42 Å². The largest absolute Gasteiger partial charge is 0.366 e. The number of rotatable bonds is 6. The molecular weight excluding hydrogens is 344 g/mol. The molecule has 22 heavy (non-hydrogen) atoms. The van der Waals surface area contributed by atoms with Gasteiger partial charge in [-0.05, 0) is 37.1 Å². The molecule has 6 heteroatoms. The van der Waals surface area contributed by atoms with Gasteiger partial charge in [0.2, 0.25) is 5.91 Å². The second kappa shape index (κ2) is 7.89. The van der Waals surface area contributed by atoms with Gasteiger partial charge in [-0.1, -0.05) is 41.1 Å². The maximum atomic E-state index is 12.0. The Hall–Kier alpha value is -1.95. The Morgan fingerprint density at radius 2 is 1.86 bits per heavy atom. The van der Waals surface area contributed by atoms with Gasteiger partial charge in [0.1, 0.15) is 5.82 Å². The fourth-order valence-corrected chi connectivity index (χ4v) is 2.26. The monoisotopic (exact) mass is 362 g/mol. The summed E-state index contributed by atoms with van der Waals surface area (Å²) in [5, 5.41) is 14.1. The predicted molar refractivity (Wildman–Crippen MR) is 91.9 cm³/mol. The zero-order valence-electron chi connectivity index (χ0n) is 12.6. The van der Waals surface area contributed by atoms with Crippen molar-refractivity contribution in [2.75, 3.05) is 10.6 Å². The zero-order valence-corrected chi connectivity index (χ0v) is 14.2. The molecule has 1 amide bonds. The smallest absolute Gasteiger partial charge is 0.230 e. The molecule has 0 bridgehead atoms. The van der Waals surface area contributed by atoms with Crippen LogP contribution in [0.2, 0.25) is 0 Å². The average Bonchev–Trinajstić information content (AvgIpc) is 2.51. The molecule has 0 aliphatic carbocycles. The second-order valence-corrected chi connectivity index (χ2v) is 5.93. The molecule has 1 unspecified atom stereocenters. The summed E-state index contributed by atoms with van der Waals surface area (Å²) in [4.78, 5) is 12.0. The molecule has 1 heterocycles. The fourth-order valence-electron chi connectivity index (χ4n) is 1.83. The number of benzene rings is 1.